The van der Waals surface area contributed by atoms with Crippen molar-refractivity contribution < 1.29 is 9.26 Å². The Hall–Kier alpha value is -0.940. The Balaban J connectivity index is 2.91. The Morgan fingerprint density at radius 3 is 2.47 bits per heavy atom. The molecule has 0 radical (unpaired) electrons. The summed E-state index contributed by atoms with van der Waals surface area (Å²) in [7, 11) is 0. The van der Waals surface area contributed by atoms with E-state index < -0.39 is 11.1 Å². The summed E-state index contributed by atoms with van der Waals surface area (Å²) in [6, 6.07) is 0. The second-order valence-corrected chi connectivity index (χ2v) is 5.03. The van der Waals surface area contributed by atoms with E-state index in [2.05, 4.69) is 17.1 Å². The Morgan fingerprint density at radius 2 is 1.94 bits per heavy atom. The van der Waals surface area contributed by atoms with Crippen molar-refractivity contribution in [1.82, 2.24) is 10.1 Å². The molecule has 98 valence electrons. The van der Waals surface area contributed by atoms with Gasteiger partial charge in [0.25, 0.3) is 0 Å². The van der Waals surface area contributed by atoms with Gasteiger partial charge in [0, 0.05) is 6.61 Å². The largest absolute Gasteiger partial charge is 0.368 e. The highest BCUT2D eigenvalue weighted by molar-refractivity contribution is 5.04. The van der Waals surface area contributed by atoms with Crippen LogP contribution in [0, 0.1) is 0 Å². The summed E-state index contributed by atoms with van der Waals surface area (Å²) in [4.78, 5) is 4.36. The van der Waals surface area contributed by atoms with E-state index in [9.17, 15) is 0 Å². The molecule has 2 N–H and O–H groups in total. The molecule has 0 saturated heterocycles. The summed E-state index contributed by atoms with van der Waals surface area (Å²) in [5.74, 6) is 1.02. The second-order valence-electron chi connectivity index (χ2n) is 5.03. The number of rotatable bonds is 6. The van der Waals surface area contributed by atoms with E-state index in [-0.39, 0.29) is 0 Å². The monoisotopic (exact) mass is 241 g/mol. The van der Waals surface area contributed by atoms with Gasteiger partial charge >= 0.3 is 0 Å². The maximum absolute atomic E-state index is 6.14. The van der Waals surface area contributed by atoms with Gasteiger partial charge in [0.05, 0.1) is 5.54 Å². The fraction of sp³-hybridized carbons (Fsp3) is 0.833. The second kappa shape index (κ2) is 5.14. The molecule has 0 fully saturated rings. The van der Waals surface area contributed by atoms with E-state index in [1.54, 1.807) is 0 Å². The highest BCUT2D eigenvalue weighted by atomic mass is 16.5. The van der Waals surface area contributed by atoms with Crippen LogP contribution in [0.25, 0.3) is 0 Å². The van der Waals surface area contributed by atoms with Crippen LogP contribution in [0.4, 0.5) is 0 Å². The Bertz CT molecular complexity index is 326. The minimum Gasteiger partial charge on any atom is -0.368 e. The average molecular weight is 241 g/mol. The molecule has 0 aliphatic carbocycles. The van der Waals surface area contributed by atoms with Crippen LogP contribution in [0.5, 0.6) is 0 Å². The van der Waals surface area contributed by atoms with E-state index in [1.807, 2.05) is 27.7 Å². The lowest BCUT2D eigenvalue weighted by atomic mass is 9.97. The summed E-state index contributed by atoms with van der Waals surface area (Å²) < 4.78 is 10.8. The molecule has 0 aliphatic rings. The first kappa shape index (κ1) is 14.1. The van der Waals surface area contributed by atoms with Crippen molar-refractivity contribution in [2.75, 3.05) is 6.61 Å². The molecule has 1 unspecified atom stereocenters. The Kier molecular flexibility index (Phi) is 4.27. The van der Waals surface area contributed by atoms with Gasteiger partial charge in [-0.25, -0.2) is 0 Å². The Morgan fingerprint density at radius 1 is 1.29 bits per heavy atom. The van der Waals surface area contributed by atoms with Crippen molar-refractivity contribution in [3.63, 3.8) is 0 Å². The van der Waals surface area contributed by atoms with Crippen LogP contribution in [0.1, 0.15) is 59.2 Å². The van der Waals surface area contributed by atoms with E-state index in [0.717, 1.165) is 12.8 Å². The SMILES string of the molecule is CCCC(C)(N)c1nc(C(C)(C)OCC)no1. The third kappa shape index (κ3) is 3.26. The van der Waals surface area contributed by atoms with Gasteiger partial charge < -0.3 is 15.0 Å². The average Bonchev–Trinajstić information content (AvgIpc) is 2.67. The maximum atomic E-state index is 6.14. The molecule has 1 aromatic heterocycles. The molecule has 0 bridgehead atoms. The first-order valence-corrected chi connectivity index (χ1v) is 6.11. The van der Waals surface area contributed by atoms with Crippen molar-refractivity contribution in [3.8, 4) is 0 Å². The first-order chi connectivity index (χ1) is 7.83. The predicted octanol–water partition coefficient (Wildman–Crippen LogP) is 2.32. The van der Waals surface area contributed by atoms with Crippen LogP contribution >= 0.6 is 0 Å². The van der Waals surface area contributed by atoms with E-state index in [0.29, 0.717) is 18.3 Å². The summed E-state index contributed by atoms with van der Waals surface area (Å²) >= 11 is 0. The standard InChI is InChI=1S/C12H23N3O2/c1-6-8-12(5,13)10-14-9(15-17-10)11(3,4)16-7-2/h6-8,13H2,1-5H3. The third-order valence-electron chi connectivity index (χ3n) is 2.73. The molecule has 0 amide bonds. The zero-order valence-corrected chi connectivity index (χ0v) is 11.4. The number of ether oxygens (including phenoxy) is 1. The molecule has 0 spiro atoms. The van der Waals surface area contributed by atoms with Crippen LogP contribution in [-0.2, 0) is 15.9 Å². The van der Waals surface area contributed by atoms with Gasteiger partial charge in [0.15, 0.2) is 0 Å². The number of nitrogens with two attached hydrogens (primary N) is 1. The molecule has 17 heavy (non-hydrogen) atoms. The van der Waals surface area contributed by atoms with Gasteiger partial charge in [-0.3, -0.25) is 0 Å². The molecule has 5 heteroatoms. The third-order valence-corrected chi connectivity index (χ3v) is 2.73. The fourth-order valence-corrected chi connectivity index (χ4v) is 1.75. The lowest BCUT2D eigenvalue weighted by Crippen LogP contribution is -2.33. The molecule has 1 aromatic rings. The highest BCUT2D eigenvalue weighted by Crippen LogP contribution is 2.26. The zero-order chi connectivity index (χ0) is 13.1. The summed E-state index contributed by atoms with van der Waals surface area (Å²) in [6.07, 6.45) is 1.78. The maximum Gasteiger partial charge on any atom is 0.246 e. The van der Waals surface area contributed by atoms with Crippen LogP contribution in [0.3, 0.4) is 0 Å². The van der Waals surface area contributed by atoms with Crippen molar-refractivity contribution in [1.29, 1.82) is 0 Å². The molecule has 0 aliphatic heterocycles. The molecular weight excluding hydrogens is 218 g/mol. The minimum atomic E-state index is -0.567. The fourth-order valence-electron chi connectivity index (χ4n) is 1.75. The number of hydrogen-bond donors (Lipinski definition) is 1. The normalized spacial score (nSPS) is 15.9. The van der Waals surface area contributed by atoms with Crippen molar-refractivity contribution in [2.24, 2.45) is 5.73 Å². The highest BCUT2D eigenvalue weighted by Gasteiger charge is 2.32. The van der Waals surface area contributed by atoms with Crippen LogP contribution < -0.4 is 5.73 Å². The zero-order valence-electron chi connectivity index (χ0n) is 11.4. The van der Waals surface area contributed by atoms with E-state index in [4.69, 9.17) is 15.0 Å². The topological polar surface area (TPSA) is 74.2 Å². The quantitative estimate of drug-likeness (QED) is 0.827. The van der Waals surface area contributed by atoms with E-state index in [1.165, 1.54) is 0 Å². The van der Waals surface area contributed by atoms with Crippen LogP contribution in [0.15, 0.2) is 4.52 Å². The van der Waals surface area contributed by atoms with Gasteiger partial charge in [0.2, 0.25) is 11.7 Å². The summed E-state index contributed by atoms with van der Waals surface area (Å²) in [6.45, 7) is 10.4. The molecule has 1 heterocycles. The van der Waals surface area contributed by atoms with Gasteiger partial charge in [0.1, 0.15) is 5.60 Å². The molecule has 1 rings (SSSR count). The molecule has 1 atom stereocenters. The van der Waals surface area contributed by atoms with E-state index >= 15 is 0 Å². The molecule has 0 saturated carbocycles. The summed E-state index contributed by atoms with van der Waals surface area (Å²) in [5.41, 5.74) is 5.03. The number of hydrogen-bond acceptors (Lipinski definition) is 5. The first-order valence-electron chi connectivity index (χ1n) is 6.11. The molecular formula is C12H23N3O2. The minimum absolute atomic E-state index is 0.474. The van der Waals surface area contributed by atoms with Gasteiger partial charge in [-0.15, -0.1) is 0 Å². The lowest BCUT2D eigenvalue weighted by Gasteiger charge is -2.21. The van der Waals surface area contributed by atoms with Crippen molar-refractivity contribution >= 4 is 0 Å². The molecule has 5 nitrogen and oxygen atoms in total. The van der Waals surface area contributed by atoms with Gasteiger partial charge in [-0.05, 0) is 34.1 Å². The van der Waals surface area contributed by atoms with Crippen molar-refractivity contribution in [2.45, 2.75) is 58.6 Å². The van der Waals surface area contributed by atoms with Crippen molar-refractivity contribution in [3.05, 3.63) is 11.7 Å². The predicted molar refractivity (Wildman–Crippen MR) is 65.4 cm³/mol. The molecule has 0 aromatic carbocycles. The lowest BCUT2D eigenvalue weighted by molar-refractivity contribution is -0.0221. The smallest absolute Gasteiger partial charge is 0.246 e. The number of aromatic nitrogens is 2. The van der Waals surface area contributed by atoms with Crippen LogP contribution in [-0.4, -0.2) is 16.7 Å². The van der Waals surface area contributed by atoms with Gasteiger partial charge in [-0.1, -0.05) is 18.5 Å². The van der Waals surface area contributed by atoms with Crippen LogP contribution in [0.2, 0.25) is 0 Å². The number of nitrogens with zero attached hydrogens (tertiary/aromatic N) is 2. The van der Waals surface area contributed by atoms with Gasteiger partial charge in [-0.2, -0.15) is 4.98 Å². The summed E-state index contributed by atoms with van der Waals surface area (Å²) in [5, 5.41) is 3.96. The Labute approximate surface area is 103 Å².